The number of aromatic nitrogens is 2. The van der Waals surface area contributed by atoms with Crippen LogP contribution in [-0.4, -0.2) is 52.5 Å². The number of thioether (sulfide) groups is 1. The summed E-state index contributed by atoms with van der Waals surface area (Å²) in [5, 5.41) is 15.5. The van der Waals surface area contributed by atoms with E-state index in [1.165, 1.54) is 6.20 Å². The van der Waals surface area contributed by atoms with E-state index in [1.54, 1.807) is 35.0 Å². The maximum atomic E-state index is 12.2. The van der Waals surface area contributed by atoms with Gasteiger partial charge in [-0.3, -0.25) is 14.9 Å². The van der Waals surface area contributed by atoms with E-state index < -0.39 is 16.5 Å². The van der Waals surface area contributed by atoms with Gasteiger partial charge in [-0.25, -0.2) is 4.21 Å². The molecular weight excluding hydrogens is 486 g/mol. The van der Waals surface area contributed by atoms with Crippen molar-refractivity contribution in [1.29, 1.82) is 0 Å². The standard InChI is InChI=1S/C24H25N5O4S2/c1-2-21-23(18-7-3-17(4-8-18)15-35(32)33)28-29(22(14-30)34-21)13-16-5-9-19(10-6-16)26-24(31)20-11-12-25-27-20/h3-12,14,21-22H,2,13,15H2,1H3,(H,25,27)(H,26,31)(H,32,33). The Bertz CT molecular complexity index is 1210. The third-order valence-corrected chi connectivity index (χ3v) is 7.57. The van der Waals surface area contributed by atoms with E-state index in [4.69, 9.17) is 9.65 Å². The molecule has 9 nitrogen and oxygen atoms in total. The van der Waals surface area contributed by atoms with Crippen LogP contribution in [0.5, 0.6) is 0 Å². The molecule has 0 spiro atoms. The molecule has 3 N–H and O–H groups in total. The molecule has 1 aliphatic heterocycles. The van der Waals surface area contributed by atoms with Crippen LogP contribution in [0.25, 0.3) is 0 Å². The number of amides is 1. The Labute approximate surface area is 209 Å². The largest absolute Gasteiger partial charge is 0.321 e. The normalized spacial score (nSPS) is 18.6. The van der Waals surface area contributed by atoms with Crippen molar-refractivity contribution in [2.45, 2.75) is 36.3 Å². The second-order valence-electron chi connectivity index (χ2n) is 7.93. The molecule has 0 saturated carbocycles. The lowest BCUT2D eigenvalue weighted by Gasteiger charge is -2.34. The van der Waals surface area contributed by atoms with Crippen LogP contribution in [0.4, 0.5) is 5.69 Å². The van der Waals surface area contributed by atoms with Crippen molar-refractivity contribution in [2.24, 2.45) is 5.10 Å². The summed E-state index contributed by atoms with van der Waals surface area (Å²) in [7, 11) is 0. The van der Waals surface area contributed by atoms with Gasteiger partial charge in [-0.05, 0) is 41.3 Å². The number of anilines is 1. The molecule has 35 heavy (non-hydrogen) atoms. The van der Waals surface area contributed by atoms with Gasteiger partial charge in [0, 0.05) is 11.9 Å². The summed E-state index contributed by atoms with van der Waals surface area (Å²) in [5.74, 6) is -0.198. The van der Waals surface area contributed by atoms with E-state index in [2.05, 4.69) is 22.4 Å². The minimum Gasteiger partial charge on any atom is -0.321 e. The Balaban J connectivity index is 1.51. The zero-order valence-corrected chi connectivity index (χ0v) is 20.6. The van der Waals surface area contributed by atoms with Gasteiger partial charge in [0.25, 0.3) is 5.91 Å². The number of hydrogen-bond donors (Lipinski definition) is 3. The van der Waals surface area contributed by atoms with Crippen LogP contribution >= 0.6 is 11.8 Å². The lowest BCUT2D eigenvalue weighted by molar-refractivity contribution is -0.110. The Morgan fingerprint density at radius 1 is 1.17 bits per heavy atom. The third kappa shape index (κ3) is 6.24. The maximum Gasteiger partial charge on any atom is 0.273 e. The van der Waals surface area contributed by atoms with Gasteiger partial charge in [-0.1, -0.05) is 43.3 Å². The topological polar surface area (TPSA) is 128 Å². The molecule has 3 atom stereocenters. The molecule has 182 valence electrons. The van der Waals surface area contributed by atoms with Gasteiger partial charge in [0.15, 0.2) is 17.4 Å². The van der Waals surface area contributed by atoms with E-state index >= 15 is 0 Å². The average Bonchev–Trinajstić information content (AvgIpc) is 3.40. The molecule has 3 unspecified atom stereocenters. The lowest BCUT2D eigenvalue weighted by atomic mass is 10.0. The monoisotopic (exact) mass is 511 g/mol. The van der Waals surface area contributed by atoms with E-state index in [0.717, 1.165) is 35.1 Å². The highest BCUT2D eigenvalue weighted by atomic mass is 32.2. The first kappa shape index (κ1) is 24.8. The predicted octanol–water partition coefficient (Wildman–Crippen LogP) is 3.64. The molecule has 11 heteroatoms. The number of rotatable bonds is 9. The van der Waals surface area contributed by atoms with E-state index in [9.17, 15) is 13.8 Å². The highest BCUT2D eigenvalue weighted by molar-refractivity contribution is 8.01. The SMILES string of the molecule is CCC1SC(C=O)N(Cc2ccc(NC(=O)c3ccn[nH]3)cc2)N=C1c1ccc(CS(=O)O)cc1. The fourth-order valence-corrected chi connectivity index (χ4v) is 5.34. The Hall–Kier alpha value is -3.28. The molecule has 0 aliphatic carbocycles. The number of benzene rings is 2. The summed E-state index contributed by atoms with van der Waals surface area (Å²) < 4.78 is 20.2. The summed E-state index contributed by atoms with van der Waals surface area (Å²) >= 11 is -0.334. The number of nitrogens with zero attached hydrogens (tertiary/aromatic N) is 3. The Kier molecular flexibility index (Phi) is 8.11. The molecule has 0 saturated heterocycles. The molecule has 3 aromatic rings. The number of aromatic amines is 1. The van der Waals surface area contributed by atoms with Crippen LogP contribution in [0, 0.1) is 0 Å². The molecule has 2 heterocycles. The van der Waals surface area contributed by atoms with Gasteiger partial charge < -0.3 is 14.7 Å². The fraction of sp³-hybridized carbons (Fsp3) is 0.250. The second-order valence-corrected chi connectivity index (χ2v) is 10.2. The summed E-state index contributed by atoms with van der Waals surface area (Å²) in [6.07, 6.45) is 3.24. The molecule has 0 fully saturated rings. The first-order chi connectivity index (χ1) is 17.0. The molecule has 2 aromatic carbocycles. The predicted molar refractivity (Wildman–Crippen MR) is 138 cm³/mol. The van der Waals surface area contributed by atoms with Gasteiger partial charge in [-0.2, -0.15) is 10.2 Å². The quantitative estimate of drug-likeness (QED) is 0.296. The Morgan fingerprint density at radius 3 is 2.49 bits per heavy atom. The summed E-state index contributed by atoms with van der Waals surface area (Å²) in [4.78, 5) is 24.0. The van der Waals surface area contributed by atoms with Crippen LogP contribution in [-0.2, 0) is 28.2 Å². The highest BCUT2D eigenvalue weighted by Crippen LogP contribution is 2.32. The first-order valence-corrected chi connectivity index (χ1v) is 13.2. The van der Waals surface area contributed by atoms with Crippen molar-refractivity contribution in [3.8, 4) is 0 Å². The maximum absolute atomic E-state index is 12.2. The van der Waals surface area contributed by atoms with Crippen molar-refractivity contribution >= 4 is 46.4 Å². The molecule has 0 radical (unpaired) electrons. The lowest BCUT2D eigenvalue weighted by Crippen LogP contribution is -2.39. The minimum atomic E-state index is -1.89. The summed E-state index contributed by atoms with van der Waals surface area (Å²) in [5.41, 5.74) is 4.52. The van der Waals surface area contributed by atoms with Crippen LogP contribution in [0.15, 0.2) is 65.9 Å². The molecule has 1 amide bonds. The van der Waals surface area contributed by atoms with E-state index in [1.807, 2.05) is 36.4 Å². The molecule has 1 aliphatic rings. The fourth-order valence-electron chi connectivity index (χ4n) is 3.70. The molecule has 4 rings (SSSR count). The van der Waals surface area contributed by atoms with Crippen molar-refractivity contribution in [3.63, 3.8) is 0 Å². The number of nitrogens with one attached hydrogen (secondary N) is 2. The molecule has 0 bridgehead atoms. The number of hydrogen-bond acceptors (Lipinski definition) is 7. The van der Waals surface area contributed by atoms with E-state index in [0.29, 0.717) is 17.9 Å². The first-order valence-electron chi connectivity index (χ1n) is 11.0. The number of H-pyrrole nitrogens is 1. The van der Waals surface area contributed by atoms with Gasteiger partial charge in [0.05, 0.1) is 23.3 Å². The highest BCUT2D eigenvalue weighted by Gasteiger charge is 2.31. The number of carbonyl (C=O) groups is 2. The van der Waals surface area contributed by atoms with Crippen LogP contribution in [0.3, 0.4) is 0 Å². The van der Waals surface area contributed by atoms with Crippen LogP contribution < -0.4 is 5.32 Å². The molecular formula is C24H25N5O4S2. The smallest absolute Gasteiger partial charge is 0.273 e. The van der Waals surface area contributed by atoms with Crippen LogP contribution in [0.2, 0.25) is 0 Å². The summed E-state index contributed by atoms with van der Waals surface area (Å²) in [6.45, 7) is 2.48. The van der Waals surface area contributed by atoms with Gasteiger partial charge in [-0.15, -0.1) is 11.8 Å². The minimum absolute atomic E-state index is 0.0549. The van der Waals surface area contributed by atoms with Crippen molar-refractivity contribution in [3.05, 3.63) is 83.2 Å². The molecule has 1 aromatic heterocycles. The average molecular weight is 512 g/mol. The number of carbonyl (C=O) groups excluding carboxylic acids is 2. The number of hydrazone groups is 1. The third-order valence-electron chi connectivity index (χ3n) is 5.47. The van der Waals surface area contributed by atoms with Crippen molar-refractivity contribution in [2.75, 3.05) is 5.32 Å². The van der Waals surface area contributed by atoms with Gasteiger partial charge in [0.2, 0.25) is 0 Å². The Morgan fingerprint density at radius 2 is 1.89 bits per heavy atom. The van der Waals surface area contributed by atoms with Gasteiger partial charge in [0.1, 0.15) is 11.1 Å². The van der Waals surface area contributed by atoms with Gasteiger partial charge >= 0.3 is 0 Å². The number of aldehydes is 1. The van der Waals surface area contributed by atoms with Crippen molar-refractivity contribution in [1.82, 2.24) is 15.2 Å². The van der Waals surface area contributed by atoms with E-state index in [-0.39, 0.29) is 16.9 Å². The zero-order chi connectivity index (χ0) is 24.8. The van der Waals surface area contributed by atoms with Crippen LogP contribution in [0.1, 0.15) is 40.5 Å². The summed E-state index contributed by atoms with van der Waals surface area (Å²) in [6, 6.07) is 16.4. The van der Waals surface area contributed by atoms with Crippen molar-refractivity contribution < 1.29 is 18.4 Å². The zero-order valence-electron chi connectivity index (χ0n) is 19.0. The second kappa shape index (κ2) is 11.4.